The van der Waals surface area contributed by atoms with Crippen molar-refractivity contribution in [3.05, 3.63) is 89.5 Å². The first kappa shape index (κ1) is 24.3. The number of amides is 2. The van der Waals surface area contributed by atoms with Gasteiger partial charge in [-0.25, -0.2) is 4.79 Å². The van der Waals surface area contributed by atoms with Crippen LogP contribution in [0.3, 0.4) is 0 Å². The van der Waals surface area contributed by atoms with E-state index in [0.29, 0.717) is 22.7 Å². The Labute approximate surface area is 197 Å². The maximum atomic E-state index is 12.8. The monoisotopic (exact) mass is 462 g/mol. The number of hydrogen-bond donors (Lipinski definition) is 2. The molecule has 3 aromatic rings. The second-order valence-electron chi connectivity index (χ2n) is 7.38. The molecule has 0 aliphatic rings. The molecule has 34 heavy (non-hydrogen) atoms. The van der Waals surface area contributed by atoms with Crippen LogP contribution in [0.25, 0.3) is 0 Å². The first-order valence-electron chi connectivity index (χ1n) is 10.6. The molecule has 0 aliphatic heterocycles. The van der Waals surface area contributed by atoms with Crippen molar-refractivity contribution >= 4 is 23.5 Å². The molecule has 2 N–H and O–H groups in total. The molecule has 8 heteroatoms. The highest BCUT2D eigenvalue weighted by molar-refractivity contribution is 6.04. The molecular formula is C26H26N2O6. The Kier molecular flexibility index (Phi) is 8.23. The number of para-hydroxylation sites is 1. The third-order valence-corrected chi connectivity index (χ3v) is 5.01. The van der Waals surface area contributed by atoms with E-state index >= 15 is 0 Å². The van der Waals surface area contributed by atoms with Gasteiger partial charge < -0.3 is 24.8 Å². The van der Waals surface area contributed by atoms with Gasteiger partial charge in [0.05, 0.1) is 37.1 Å². The Morgan fingerprint density at radius 2 is 1.47 bits per heavy atom. The van der Waals surface area contributed by atoms with E-state index in [4.69, 9.17) is 14.2 Å². The van der Waals surface area contributed by atoms with Gasteiger partial charge in [-0.15, -0.1) is 0 Å². The van der Waals surface area contributed by atoms with Crippen molar-refractivity contribution in [3.8, 4) is 11.5 Å². The first-order chi connectivity index (χ1) is 16.4. The number of nitrogens with one attached hydrogen (secondary N) is 2. The van der Waals surface area contributed by atoms with Gasteiger partial charge in [0.2, 0.25) is 0 Å². The number of anilines is 1. The van der Waals surface area contributed by atoms with Crippen molar-refractivity contribution in [2.45, 2.75) is 13.0 Å². The fraction of sp³-hybridized carbons (Fsp3) is 0.192. The maximum absolute atomic E-state index is 12.8. The van der Waals surface area contributed by atoms with E-state index in [9.17, 15) is 14.4 Å². The summed E-state index contributed by atoms with van der Waals surface area (Å²) in [6.45, 7) is 1.34. The fourth-order valence-corrected chi connectivity index (χ4v) is 3.22. The highest BCUT2D eigenvalue weighted by atomic mass is 16.5. The lowest BCUT2D eigenvalue weighted by molar-refractivity contribution is -0.119. The number of esters is 1. The van der Waals surface area contributed by atoms with Crippen LogP contribution in [0.15, 0.2) is 72.8 Å². The second kappa shape index (κ2) is 11.5. The van der Waals surface area contributed by atoms with Crippen LogP contribution in [0, 0.1) is 0 Å². The molecule has 2 amide bonds. The lowest BCUT2D eigenvalue weighted by Crippen LogP contribution is -2.28. The molecule has 0 aliphatic carbocycles. The average Bonchev–Trinajstić information content (AvgIpc) is 2.87. The molecule has 0 spiro atoms. The van der Waals surface area contributed by atoms with E-state index in [1.54, 1.807) is 30.3 Å². The lowest BCUT2D eigenvalue weighted by atomic mass is 10.1. The Hall–Kier alpha value is -4.33. The quantitative estimate of drug-likeness (QED) is 0.466. The van der Waals surface area contributed by atoms with Crippen molar-refractivity contribution in [1.29, 1.82) is 0 Å². The lowest BCUT2D eigenvalue weighted by Gasteiger charge is -2.16. The first-order valence-corrected chi connectivity index (χ1v) is 10.6. The summed E-state index contributed by atoms with van der Waals surface area (Å²) in [6.07, 6.45) is 0. The van der Waals surface area contributed by atoms with E-state index in [1.165, 1.54) is 26.4 Å². The van der Waals surface area contributed by atoms with E-state index < -0.39 is 18.5 Å². The number of carbonyl (C=O) groups is 3. The van der Waals surface area contributed by atoms with Gasteiger partial charge in [0, 0.05) is 6.07 Å². The SMILES string of the molecule is COc1cc(OC)cc(C(=O)OCC(=O)Nc2ccccc2C(=O)N[C@@H](C)c2ccccc2)c1. The van der Waals surface area contributed by atoms with Crippen LogP contribution in [0.5, 0.6) is 11.5 Å². The van der Waals surface area contributed by atoms with Gasteiger partial charge in [-0.3, -0.25) is 9.59 Å². The van der Waals surface area contributed by atoms with Crippen LogP contribution in [0.4, 0.5) is 5.69 Å². The van der Waals surface area contributed by atoms with Gasteiger partial charge in [-0.1, -0.05) is 42.5 Å². The van der Waals surface area contributed by atoms with Crippen molar-refractivity contribution in [3.63, 3.8) is 0 Å². The van der Waals surface area contributed by atoms with Gasteiger partial charge in [-0.05, 0) is 36.8 Å². The highest BCUT2D eigenvalue weighted by Gasteiger charge is 2.17. The van der Waals surface area contributed by atoms with Gasteiger partial charge in [0.25, 0.3) is 11.8 Å². The summed E-state index contributed by atoms with van der Waals surface area (Å²) < 4.78 is 15.4. The summed E-state index contributed by atoms with van der Waals surface area (Å²) >= 11 is 0. The van der Waals surface area contributed by atoms with Crippen molar-refractivity contribution < 1.29 is 28.6 Å². The van der Waals surface area contributed by atoms with Crippen molar-refractivity contribution in [1.82, 2.24) is 5.32 Å². The molecule has 0 fully saturated rings. The summed E-state index contributed by atoms with van der Waals surface area (Å²) in [4.78, 5) is 37.7. The van der Waals surface area contributed by atoms with Crippen LogP contribution in [0.2, 0.25) is 0 Å². The Balaban J connectivity index is 1.62. The highest BCUT2D eigenvalue weighted by Crippen LogP contribution is 2.23. The van der Waals surface area contributed by atoms with Gasteiger partial charge in [0.1, 0.15) is 11.5 Å². The molecule has 3 rings (SSSR count). The molecule has 176 valence electrons. The number of carbonyl (C=O) groups excluding carboxylic acids is 3. The van der Waals surface area contributed by atoms with Gasteiger partial charge in [0.15, 0.2) is 6.61 Å². The number of rotatable bonds is 9. The van der Waals surface area contributed by atoms with Crippen molar-refractivity contribution in [2.24, 2.45) is 0 Å². The smallest absolute Gasteiger partial charge is 0.338 e. The molecule has 1 atom stereocenters. The largest absolute Gasteiger partial charge is 0.497 e. The number of hydrogen-bond acceptors (Lipinski definition) is 6. The van der Waals surface area contributed by atoms with E-state index in [-0.39, 0.29) is 17.5 Å². The molecule has 0 bridgehead atoms. The second-order valence-corrected chi connectivity index (χ2v) is 7.38. The molecule has 0 aromatic heterocycles. The zero-order valence-corrected chi connectivity index (χ0v) is 19.2. The summed E-state index contributed by atoms with van der Waals surface area (Å²) in [6, 6.07) is 20.5. The van der Waals surface area contributed by atoms with Crippen LogP contribution in [-0.2, 0) is 9.53 Å². The van der Waals surface area contributed by atoms with E-state index in [2.05, 4.69) is 10.6 Å². The van der Waals surface area contributed by atoms with Crippen LogP contribution < -0.4 is 20.1 Å². The third-order valence-electron chi connectivity index (χ3n) is 5.01. The molecule has 0 radical (unpaired) electrons. The fourth-order valence-electron chi connectivity index (χ4n) is 3.22. The standard InChI is InChI=1S/C26H26N2O6/c1-17(18-9-5-4-6-10-18)27-25(30)22-11-7-8-12-23(22)28-24(29)16-34-26(31)19-13-20(32-2)15-21(14-19)33-3/h4-15,17H,16H2,1-3H3,(H,27,30)(H,28,29)/t17-/m0/s1. The minimum Gasteiger partial charge on any atom is -0.497 e. The Morgan fingerprint density at radius 3 is 2.12 bits per heavy atom. The van der Waals surface area contributed by atoms with Crippen LogP contribution in [0.1, 0.15) is 39.2 Å². The molecule has 0 unspecified atom stereocenters. The average molecular weight is 463 g/mol. The zero-order valence-electron chi connectivity index (χ0n) is 19.2. The Morgan fingerprint density at radius 1 is 0.853 bits per heavy atom. The third kappa shape index (κ3) is 6.35. The minimum absolute atomic E-state index is 0.179. The van der Waals surface area contributed by atoms with E-state index in [1.807, 2.05) is 37.3 Å². The number of benzene rings is 3. The molecule has 0 heterocycles. The zero-order chi connectivity index (χ0) is 24.5. The number of methoxy groups -OCH3 is 2. The topological polar surface area (TPSA) is 103 Å². The van der Waals surface area contributed by atoms with Gasteiger partial charge in [-0.2, -0.15) is 0 Å². The molecule has 0 saturated heterocycles. The summed E-state index contributed by atoms with van der Waals surface area (Å²) in [5.41, 5.74) is 1.74. The van der Waals surface area contributed by atoms with Gasteiger partial charge >= 0.3 is 5.97 Å². The van der Waals surface area contributed by atoms with E-state index in [0.717, 1.165) is 5.56 Å². The Bertz CT molecular complexity index is 1140. The molecule has 8 nitrogen and oxygen atoms in total. The summed E-state index contributed by atoms with van der Waals surface area (Å²) in [7, 11) is 2.93. The summed E-state index contributed by atoms with van der Waals surface area (Å²) in [5, 5.41) is 5.55. The predicted molar refractivity (Wildman–Crippen MR) is 127 cm³/mol. The van der Waals surface area contributed by atoms with Crippen LogP contribution in [-0.4, -0.2) is 38.6 Å². The predicted octanol–water partition coefficient (Wildman–Crippen LogP) is 3.99. The molecule has 0 saturated carbocycles. The number of ether oxygens (including phenoxy) is 3. The minimum atomic E-state index is -0.713. The normalized spacial score (nSPS) is 11.1. The maximum Gasteiger partial charge on any atom is 0.338 e. The molecular weight excluding hydrogens is 436 g/mol. The van der Waals surface area contributed by atoms with Crippen molar-refractivity contribution in [2.75, 3.05) is 26.1 Å². The summed E-state index contributed by atoms with van der Waals surface area (Å²) in [5.74, 6) is -0.803. The van der Waals surface area contributed by atoms with Crippen LogP contribution >= 0.6 is 0 Å². The molecule has 3 aromatic carbocycles.